The van der Waals surface area contributed by atoms with E-state index in [0.717, 1.165) is 17.1 Å². The van der Waals surface area contributed by atoms with E-state index in [-0.39, 0.29) is 0 Å². The maximum absolute atomic E-state index is 11.5. The number of hydrogen-bond acceptors (Lipinski definition) is 4. The van der Waals surface area contributed by atoms with Crippen LogP contribution in [0.25, 0.3) is 11.4 Å². The highest BCUT2D eigenvalue weighted by Gasteiger charge is 2.10. The van der Waals surface area contributed by atoms with E-state index >= 15 is 0 Å². The topological polar surface area (TPSA) is 54.9 Å². The SMILES string of the molecule is CCS(=O)CCNc1cc(C(C)C)nc(-c2ccc(Cl)cc2)n1. The monoisotopic (exact) mass is 351 g/mol. The summed E-state index contributed by atoms with van der Waals surface area (Å²) in [6, 6.07) is 9.45. The van der Waals surface area contributed by atoms with Gasteiger partial charge in [0, 0.05) is 51.2 Å². The predicted octanol–water partition coefficient (Wildman–Crippen LogP) is 4.10. The van der Waals surface area contributed by atoms with Crippen molar-refractivity contribution >= 4 is 28.2 Å². The van der Waals surface area contributed by atoms with Gasteiger partial charge in [-0.15, -0.1) is 0 Å². The fourth-order valence-corrected chi connectivity index (χ4v) is 2.76. The Kier molecular flexibility index (Phi) is 6.54. The summed E-state index contributed by atoms with van der Waals surface area (Å²) in [5.41, 5.74) is 1.90. The van der Waals surface area contributed by atoms with E-state index in [2.05, 4.69) is 29.1 Å². The summed E-state index contributed by atoms with van der Waals surface area (Å²) < 4.78 is 11.5. The van der Waals surface area contributed by atoms with Gasteiger partial charge in [-0.1, -0.05) is 32.4 Å². The molecule has 0 aliphatic rings. The molecule has 0 amide bonds. The van der Waals surface area contributed by atoms with Gasteiger partial charge in [0.2, 0.25) is 0 Å². The van der Waals surface area contributed by atoms with E-state index in [1.165, 1.54) is 0 Å². The lowest BCUT2D eigenvalue weighted by atomic mass is 10.1. The zero-order valence-corrected chi connectivity index (χ0v) is 15.2. The molecule has 4 nitrogen and oxygen atoms in total. The Hall–Kier alpha value is -1.46. The van der Waals surface area contributed by atoms with Gasteiger partial charge in [0.15, 0.2) is 5.82 Å². The van der Waals surface area contributed by atoms with Gasteiger partial charge in [0.1, 0.15) is 5.82 Å². The molecule has 6 heteroatoms. The van der Waals surface area contributed by atoms with Crippen LogP contribution in [0.4, 0.5) is 5.82 Å². The van der Waals surface area contributed by atoms with Crippen molar-refractivity contribution in [1.82, 2.24) is 9.97 Å². The minimum atomic E-state index is -0.779. The van der Waals surface area contributed by atoms with Crippen LogP contribution in [0.15, 0.2) is 30.3 Å². The molecule has 2 rings (SSSR count). The van der Waals surface area contributed by atoms with Crippen LogP contribution in [-0.2, 0) is 10.8 Å². The molecule has 1 unspecified atom stereocenters. The number of anilines is 1. The Bertz CT molecular complexity index is 674. The lowest BCUT2D eigenvalue weighted by molar-refractivity contribution is 0.684. The van der Waals surface area contributed by atoms with E-state index in [0.29, 0.717) is 34.8 Å². The van der Waals surface area contributed by atoms with Crippen LogP contribution < -0.4 is 5.32 Å². The third kappa shape index (κ3) is 5.29. The van der Waals surface area contributed by atoms with E-state index in [1.54, 1.807) is 0 Å². The van der Waals surface area contributed by atoms with Crippen molar-refractivity contribution in [3.8, 4) is 11.4 Å². The molecule has 1 N–H and O–H groups in total. The molecule has 0 aliphatic heterocycles. The number of rotatable bonds is 7. The van der Waals surface area contributed by atoms with Crippen molar-refractivity contribution in [2.75, 3.05) is 23.4 Å². The maximum atomic E-state index is 11.5. The van der Waals surface area contributed by atoms with Gasteiger partial charge in [-0.05, 0) is 30.2 Å². The van der Waals surface area contributed by atoms with Gasteiger partial charge in [-0.25, -0.2) is 9.97 Å². The van der Waals surface area contributed by atoms with Crippen molar-refractivity contribution < 1.29 is 4.21 Å². The van der Waals surface area contributed by atoms with Crippen molar-refractivity contribution in [2.45, 2.75) is 26.7 Å². The average molecular weight is 352 g/mol. The molecule has 0 radical (unpaired) electrons. The number of aromatic nitrogens is 2. The fraction of sp³-hybridized carbons (Fsp3) is 0.412. The van der Waals surface area contributed by atoms with Crippen LogP contribution in [0, 0.1) is 0 Å². The van der Waals surface area contributed by atoms with Crippen LogP contribution >= 0.6 is 11.6 Å². The molecule has 2 aromatic rings. The van der Waals surface area contributed by atoms with Crippen LogP contribution in [0.1, 0.15) is 32.4 Å². The summed E-state index contributed by atoms with van der Waals surface area (Å²) in [4.78, 5) is 9.21. The minimum Gasteiger partial charge on any atom is -0.369 e. The van der Waals surface area contributed by atoms with E-state index < -0.39 is 10.8 Å². The zero-order valence-electron chi connectivity index (χ0n) is 13.7. The van der Waals surface area contributed by atoms with Crippen LogP contribution in [0.5, 0.6) is 0 Å². The molecule has 0 saturated heterocycles. The number of nitrogens with one attached hydrogen (secondary N) is 1. The van der Waals surface area contributed by atoms with E-state index in [9.17, 15) is 4.21 Å². The Morgan fingerprint density at radius 1 is 1.22 bits per heavy atom. The molecule has 0 fully saturated rings. The first-order valence-corrected chi connectivity index (χ1v) is 9.60. The smallest absolute Gasteiger partial charge is 0.161 e. The van der Waals surface area contributed by atoms with Crippen LogP contribution in [0.3, 0.4) is 0 Å². The highest BCUT2D eigenvalue weighted by Crippen LogP contribution is 2.23. The molecule has 0 bridgehead atoms. The number of halogens is 1. The van der Waals surface area contributed by atoms with Gasteiger partial charge in [-0.3, -0.25) is 4.21 Å². The molecular formula is C17H22ClN3OS. The summed E-state index contributed by atoms with van der Waals surface area (Å²) in [5.74, 6) is 3.04. The normalized spacial score (nSPS) is 12.4. The van der Waals surface area contributed by atoms with Gasteiger partial charge in [0.05, 0.1) is 0 Å². The number of nitrogens with zero attached hydrogens (tertiary/aromatic N) is 2. The van der Waals surface area contributed by atoms with E-state index in [4.69, 9.17) is 11.6 Å². The summed E-state index contributed by atoms with van der Waals surface area (Å²) in [7, 11) is -0.779. The molecule has 1 atom stereocenters. The molecule has 23 heavy (non-hydrogen) atoms. The summed E-state index contributed by atoms with van der Waals surface area (Å²) in [6.45, 7) is 6.76. The zero-order chi connectivity index (χ0) is 16.8. The second kappa shape index (κ2) is 8.41. The van der Waals surface area contributed by atoms with Crippen molar-refractivity contribution in [2.24, 2.45) is 0 Å². The summed E-state index contributed by atoms with van der Waals surface area (Å²) in [6.07, 6.45) is 0. The average Bonchev–Trinajstić information content (AvgIpc) is 2.55. The summed E-state index contributed by atoms with van der Waals surface area (Å²) in [5, 5.41) is 3.95. The lowest BCUT2D eigenvalue weighted by Gasteiger charge is -2.12. The van der Waals surface area contributed by atoms with Crippen LogP contribution in [-0.4, -0.2) is 32.2 Å². The first-order valence-electron chi connectivity index (χ1n) is 7.73. The minimum absolute atomic E-state index is 0.300. The van der Waals surface area contributed by atoms with E-state index in [1.807, 2.05) is 37.3 Å². The second-order valence-electron chi connectivity index (χ2n) is 5.52. The van der Waals surface area contributed by atoms with Crippen molar-refractivity contribution in [3.05, 3.63) is 41.0 Å². The molecule has 0 spiro atoms. The molecule has 0 aliphatic carbocycles. The lowest BCUT2D eigenvalue weighted by Crippen LogP contribution is -2.13. The first-order chi connectivity index (χ1) is 11.0. The van der Waals surface area contributed by atoms with Crippen molar-refractivity contribution in [1.29, 1.82) is 0 Å². The molecule has 124 valence electrons. The number of benzene rings is 1. The first kappa shape index (κ1) is 17.9. The Morgan fingerprint density at radius 2 is 1.91 bits per heavy atom. The third-order valence-corrected chi connectivity index (χ3v) is 4.95. The Labute approximate surface area is 145 Å². The van der Waals surface area contributed by atoms with Gasteiger partial charge in [0.25, 0.3) is 0 Å². The molecule has 0 saturated carbocycles. The van der Waals surface area contributed by atoms with Gasteiger partial charge >= 0.3 is 0 Å². The molecular weight excluding hydrogens is 330 g/mol. The predicted molar refractivity (Wildman–Crippen MR) is 98.6 cm³/mol. The highest BCUT2D eigenvalue weighted by atomic mass is 35.5. The molecule has 1 aromatic heterocycles. The largest absolute Gasteiger partial charge is 0.369 e. The van der Waals surface area contributed by atoms with Crippen molar-refractivity contribution in [3.63, 3.8) is 0 Å². The Morgan fingerprint density at radius 3 is 2.52 bits per heavy atom. The van der Waals surface area contributed by atoms with Gasteiger partial charge in [-0.2, -0.15) is 0 Å². The second-order valence-corrected chi connectivity index (χ2v) is 7.82. The number of hydrogen-bond donors (Lipinski definition) is 1. The summed E-state index contributed by atoms with van der Waals surface area (Å²) >= 11 is 5.94. The fourth-order valence-electron chi connectivity index (χ4n) is 2.02. The van der Waals surface area contributed by atoms with Gasteiger partial charge < -0.3 is 5.32 Å². The Balaban J connectivity index is 2.24. The molecule has 1 aromatic carbocycles. The quantitative estimate of drug-likeness (QED) is 0.815. The third-order valence-electron chi connectivity index (χ3n) is 3.40. The maximum Gasteiger partial charge on any atom is 0.161 e. The molecule has 1 heterocycles. The van der Waals surface area contributed by atoms with Crippen LogP contribution in [0.2, 0.25) is 5.02 Å². The standard InChI is InChI=1S/C17H22ClN3OS/c1-4-23(22)10-9-19-16-11-15(12(2)3)20-17(21-16)13-5-7-14(18)8-6-13/h5-8,11-12H,4,9-10H2,1-3H3,(H,19,20,21). The highest BCUT2D eigenvalue weighted by molar-refractivity contribution is 7.84.